The molecule has 1 saturated heterocycles. The Morgan fingerprint density at radius 3 is 2.36 bits per heavy atom. The molecule has 0 unspecified atom stereocenters. The average Bonchev–Trinajstić information content (AvgIpc) is 2.54. The SMILES string of the molecule is CC(=O)Oc1ccc(C=C2C(=O)OC3(CCCCC3)OC2=O)cc1Br. The Morgan fingerprint density at radius 2 is 1.80 bits per heavy atom. The van der Waals surface area contributed by atoms with Gasteiger partial charge in [-0.1, -0.05) is 12.5 Å². The van der Waals surface area contributed by atoms with Crippen molar-refractivity contribution in [2.45, 2.75) is 44.8 Å². The molecule has 6 nitrogen and oxygen atoms in total. The molecule has 3 rings (SSSR count). The van der Waals surface area contributed by atoms with Gasteiger partial charge >= 0.3 is 17.9 Å². The maximum atomic E-state index is 12.3. The largest absolute Gasteiger partial charge is 0.426 e. The lowest BCUT2D eigenvalue weighted by atomic mass is 9.93. The van der Waals surface area contributed by atoms with Gasteiger partial charge in [-0.15, -0.1) is 0 Å². The van der Waals surface area contributed by atoms with Crippen LogP contribution in [0, 0.1) is 0 Å². The highest BCUT2D eigenvalue weighted by Crippen LogP contribution is 2.37. The molecule has 1 heterocycles. The summed E-state index contributed by atoms with van der Waals surface area (Å²) < 4.78 is 16.4. The first-order valence-corrected chi connectivity index (χ1v) is 8.84. The molecule has 0 amide bonds. The number of ether oxygens (including phenoxy) is 3. The van der Waals surface area contributed by atoms with Crippen LogP contribution in [0.3, 0.4) is 0 Å². The number of halogens is 1. The van der Waals surface area contributed by atoms with Crippen LogP contribution in [0.5, 0.6) is 5.75 Å². The molecule has 0 N–H and O–H groups in total. The maximum absolute atomic E-state index is 12.3. The normalized spacial score (nSPS) is 19.2. The van der Waals surface area contributed by atoms with Gasteiger partial charge in [0.05, 0.1) is 4.47 Å². The number of rotatable bonds is 2. The first-order valence-electron chi connectivity index (χ1n) is 8.05. The molecule has 1 aromatic carbocycles. The first-order chi connectivity index (χ1) is 11.9. The Labute approximate surface area is 153 Å². The van der Waals surface area contributed by atoms with Crippen molar-refractivity contribution in [2.75, 3.05) is 0 Å². The Morgan fingerprint density at radius 1 is 1.16 bits per heavy atom. The third-order valence-electron chi connectivity index (χ3n) is 4.13. The molecule has 25 heavy (non-hydrogen) atoms. The highest BCUT2D eigenvalue weighted by molar-refractivity contribution is 9.10. The van der Waals surface area contributed by atoms with Gasteiger partial charge in [0, 0.05) is 19.8 Å². The van der Waals surface area contributed by atoms with Crippen LogP contribution in [-0.4, -0.2) is 23.7 Å². The zero-order valence-electron chi connectivity index (χ0n) is 13.7. The number of carbonyl (C=O) groups excluding carboxylic acids is 3. The Kier molecular flexibility index (Phi) is 4.94. The second-order valence-electron chi connectivity index (χ2n) is 6.09. The van der Waals surface area contributed by atoms with Crippen LogP contribution in [-0.2, 0) is 23.9 Å². The smallest absolute Gasteiger partial charge is 0.348 e. The van der Waals surface area contributed by atoms with Crippen LogP contribution in [0.4, 0.5) is 0 Å². The molecule has 2 fully saturated rings. The highest BCUT2D eigenvalue weighted by Gasteiger charge is 2.46. The molecular formula is C18H17BrO6. The maximum Gasteiger partial charge on any atom is 0.348 e. The lowest BCUT2D eigenvalue weighted by molar-refractivity contribution is -0.244. The zero-order chi connectivity index (χ0) is 18.0. The second-order valence-corrected chi connectivity index (χ2v) is 6.95. The molecule has 0 aromatic heterocycles. The van der Waals surface area contributed by atoms with Crippen molar-refractivity contribution in [1.29, 1.82) is 0 Å². The molecule has 1 aromatic rings. The molecule has 0 bridgehead atoms. The van der Waals surface area contributed by atoms with Crippen molar-refractivity contribution >= 4 is 39.9 Å². The molecule has 0 radical (unpaired) electrons. The van der Waals surface area contributed by atoms with Gasteiger partial charge < -0.3 is 14.2 Å². The van der Waals surface area contributed by atoms with Gasteiger partial charge in [-0.2, -0.15) is 0 Å². The lowest BCUT2D eigenvalue weighted by Crippen LogP contribution is -2.47. The minimum absolute atomic E-state index is 0.150. The number of hydrogen-bond acceptors (Lipinski definition) is 6. The lowest BCUT2D eigenvalue weighted by Gasteiger charge is -2.38. The molecule has 1 aliphatic carbocycles. The van der Waals surface area contributed by atoms with Crippen LogP contribution in [0.15, 0.2) is 28.2 Å². The molecule has 7 heteroatoms. The van der Waals surface area contributed by atoms with Crippen molar-refractivity contribution < 1.29 is 28.6 Å². The highest BCUT2D eigenvalue weighted by atomic mass is 79.9. The molecule has 1 saturated carbocycles. The van der Waals surface area contributed by atoms with Gasteiger partial charge in [-0.3, -0.25) is 4.79 Å². The molecule has 132 valence electrons. The predicted octanol–water partition coefficient (Wildman–Crippen LogP) is 3.52. The summed E-state index contributed by atoms with van der Waals surface area (Å²) in [4.78, 5) is 35.6. The minimum Gasteiger partial charge on any atom is -0.426 e. The summed E-state index contributed by atoms with van der Waals surface area (Å²) in [6.45, 7) is 1.30. The quantitative estimate of drug-likeness (QED) is 0.322. The van der Waals surface area contributed by atoms with Crippen molar-refractivity contribution in [1.82, 2.24) is 0 Å². The van der Waals surface area contributed by atoms with E-state index in [2.05, 4.69) is 15.9 Å². The summed E-state index contributed by atoms with van der Waals surface area (Å²) >= 11 is 3.29. The van der Waals surface area contributed by atoms with Crippen molar-refractivity contribution in [3.8, 4) is 5.75 Å². The topological polar surface area (TPSA) is 78.9 Å². The Balaban J connectivity index is 1.82. The van der Waals surface area contributed by atoms with Gasteiger partial charge in [0.25, 0.3) is 5.79 Å². The van der Waals surface area contributed by atoms with E-state index in [4.69, 9.17) is 14.2 Å². The minimum atomic E-state index is -1.09. The van der Waals surface area contributed by atoms with Crippen LogP contribution in [0.1, 0.15) is 44.6 Å². The fourth-order valence-electron chi connectivity index (χ4n) is 2.98. The van der Waals surface area contributed by atoms with E-state index in [-0.39, 0.29) is 5.57 Å². The number of benzene rings is 1. The summed E-state index contributed by atoms with van der Waals surface area (Å²) in [6, 6.07) is 4.83. The molecule has 1 aliphatic heterocycles. The molecule has 2 aliphatic rings. The Bertz CT molecular complexity index is 739. The second kappa shape index (κ2) is 7.00. The third kappa shape index (κ3) is 3.92. The van der Waals surface area contributed by atoms with E-state index in [1.807, 2.05) is 0 Å². The summed E-state index contributed by atoms with van der Waals surface area (Å²) in [6.07, 6.45) is 5.26. The van der Waals surface area contributed by atoms with Crippen LogP contribution in [0.2, 0.25) is 0 Å². The average molecular weight is 409 g/mol. The van der Waals surface area contributed by atoms with Gasteiger partial charge in [-0.05, 0) is 52.5 Å². The van der Waals surface area contributed by atoms with E-state index >= 15 is 0 Å². The van der Waals surface area contributed by atoms with E-state index in [9.17, 15) is 14.4 Å². The van der Waals surface area contributed by atoms with Gasteiger partial charge in [0.1, 0.15) is 11.3 Å². The van der Waals surface area contributed by atoms with Gasteiger partial charge in [-0.25, -0.2) is 9.59 Å². The van der Waals surface area contributed by atoms with E-state index < -0.39 is 23.7 Å². The molecule has 1 spiro atoms. The predicted molar refractivity (Wildman–Crippen MR) is 91.4 cm³/mol. The van der Waals surface area contributed by atoms with E-state index in [1.54, 1.807) is 18.2 Å². The fraction of sp³-hybridized carbons (Fsp3) is 0.389. The van der Waals surface area contributed by atoms with Crippen LogP contribution in [0.25, 0.3) is 6.08 Å². The van der Waals surface area contributed by atoms with E-state index in [1.165, 1.54) is 13.0 Å². The van der Waals surface area contributed by atoms with Crippen LogP contribution >= 0.6 is 15.9 Å². The van der Waals surface area contributed by atoms with Gasteiger partial charge in [0.15, 0.2) is 0 Å². The van der Waals surface area contributed by atoms with E-state index in [0.717, 1.165) is 19.3 Å². The van der Waals surface area contributed by atoms with Crippen molar-refractivity contribution in [3.63, 3.8) is 0 Å². The van der Waals surface area contributed by atoms with Crippen molar-refractivity contribution in [3.05, 3.63) is 33.8 Å². The zero-order valence-corrected chi connectivity index (χ0v) is 15.3. The van der Waals surface area contributed by atoms with Crippen LogP contribution < -0.4 is 4.74 Å². The summed E-state index contributed by atoms with van der Waals surface area (Å²) in [5.41, 5.74) is 0.426. The Hall–Kier alpha value is -2.15. The summed E-state index contributed by atoms with van der Waals surface area (Å²) in [5, 5.41) is 0. The third-order valence-corrected chi connectivity index (χ3v) is 4.75. The number of carbonyl (C=O) groups is 3. The molecular weight excluding hydrogens is 392 g/mol. The number of hydrogen-bond donors (Lipinski definition) is 0. The summed E-state index contributed by atoms with van der Waals surface area (Å²) in [7, 11) is 0. The van der Waals surface area contributed by atoms with Crippen molar-refractivity contribution in [2.24, 2.45) is 0 Å². The van der Waals surface area contributed by atoms with Gasteiger partial charge in [0.2, 0.25) is 0 Å². The molecule has 0 atom stereocenters. The van der Waals surface area contributed by atoms with E-state index in [0.29, 0.717) is 28.6 Å². The number of esters is 3. The standard InChI is InChI=1S/C18H17BrO6/c1-11(20)23-15-6-5-12(10-14(15)19)9-13-16(21)24-18(25-17(13)22)7-3-2-4-8-18/h5-6,9-10H,2-4,7-8H2,1H3. The first kappa shape index (κ1) is 17.7. The fourth-order valence-corrected chi connectivity index (χ4v) is 3.45. The summed E-state index contributed by atoms with van der Waals surface area (Å²) in [5.74, 6) is -2.52. The monoisotopic (exact) mass is 408 g/mol.